The minimum Gasteiger partial charge on any atom is -0.487 e. The first-order chi connectivity index (χ1) is 15.7. The summed E-state index contributed by atoms with van der Waals surface area (Å²) in [5, 5.41) is 7.86. The van der Waals surface area contributed by atoms with E-state index < -0.39 is 5.82 Å². The van der Waals surface area contributed by atoms with Crippen molar-refractivity contribution in [3.05, 3.63) is 94.7 Å². The van der Waals surface area contributed by atoms with E-state index in [0.29, 0.717) is 23.8 Å². The first kappa shape index (κ1) is 21.8. The van der Waals surface area contributed by atoms with Gasteiger partial charge in [-0.25, -0.2) is 9.37 Å². The Morgan fingerprint density at radius 2 is 1.97 bits per heavy atom. The number of rotatable bonds is 10. The van der Waals surface area contributed by atoms with E-state index in [2.05, 4.69) is 27.4 Å². The van der Waals surface area contributed by atoms with Crippen LogP contribution < -0.4 is 4.74 Å². The second kappa shape index (κ2) is 10.7. The number of hydrogen-bond acceptors (Lipinski definition) is 5. The molecule has 0 unspecified atom stereocenters. The molecule has 0 aliphatic heterocycles. The van der Waals surface area contributed by atoms with Crippen molar-refractivity contribution in [3.63, 3.8) is 0 Å². The van der Waals surface area contributed by atoms with E-state index in [1.807, 2.05) is 23.0 Å². The summed E-state index contributed by atoms with van der Waals surface area (Å²) in [6.07, 6.45) is 11.6. The maximum absolute atomic E-state index is 13.5. The van der Waals surface area contributed by atoms with Crippen molar-refractivity contribution in [3.8, 4) is 5.75 Å². The Kier molecular flexibility index (Phi) is 7.30. The number of ether oxygens (including phenoxy) is 1. The number of unbranched alkanes of at least 4 members (excludes halogenated alkanes) is 1. The number of aryl methyl sites for hydroxylation is 2. The van der Waals surface area contributed by atoms with Gasteiger partial charge in [0, 0.05) is 18.8 Å². The van der Waals surface area contributed by atoms with Gasteiger partial charge in [0.15, 0.2) is 0 Å². The standard InChI is InChI=1S/C24H22ClFN4O2/c25-22-10-6-19(15-23(22)26)7-11-24-28-20(17-32-24)16-31-21-8-4-18(5-9-21)3-1-2-13-30-14-12-27-29-30/h4-12,14-15,17H,1-3,13,16H2. The highest BCUT2D eigenvalue weighted by Gasteiger charge is 2.04. The zero-order valence-electron chi connectivity index (χ0n) is 17.3. The molecule has 6 nitrogen and oxygen atoms in total. The van der Waals surface area contributed by atoms with Crippen LogP contribution in [0.15, 0.2) is 65.5 Å². The summed E-state index contributed by atoms with van der Waals surface area (Å²) in [4.78, 5) is 4.36. The Labute approximate surface area is 190 Å². The maximum atomic E-state index is 13.5. The van der Waals surface area contributed by atoms with Crippen LogP contribution in [0.5, 0.6) is 5.75 Å². The average Bonchev–Trinajstić information content (AvgIpc) is 3.49. The molecular weight excluding hydrogens is 431 g/mol. The van der Waals surface area contributed by atoms with Crippen molar-refractivity contribution >= 4 is 23.8 Å². The van der Waals surface area contributed by atoms with Gasteiger partial charge in [0.1, 0.15) is 30.1 Å². The van der Waals surface area contributed by atoms with Crippen molar-refractivity contribution < 1.29 is 13.5 Å². The third kappa shape index (κ3) is 6.28. The fourth-order valence-electron chi connectivity index (χ4n) is 3.11. The number of nitrogens with zero attached hydrogens (tertiary/aromatic N) is 4. The van der Waals surface area contributed by atoms with Crippen molar-refractivity contribution in [2.45, 2.75) is 32.4 Å². The maximum Gasteiger partial charge on any atom is 0.218 e. The third-order valence-electron chi connectivity index (χ3n) is 4.82. The van der Waals surface area contributed by atoms with Crippen LogP contribution in [0.3, 0.4) is 0 Å². The predicted molar refractivity (Wildman–Crippen MR) is 121 cm³/mol. The van der Waals surface area contributed by atoms with E-state index in [0.717, 1.165) is 31.6 Å². The molecule has 2 heterocycles. The molecular formula is C24H22ClFN4O2. The Balaban J connectivity index is 1.22. The van der Waals surface area contributed by atoms with Gasteiger partial charge < -0.3 is 9.15 Å². The lowest BCUT2D eigenvalue weighted by Crippen LogP contribution is -1.99. The zero-order chi connectivity index (χ0) is 22.2. The Morgan fingerprint density at radius 3 is 2.75 bits per heavy atom. The molecule has 0 fully saturated rings. The van der Waals surface area contributed by atoms with Gasteiger partial charge in [-0.15, -0.1) is 5.10 Å². The quantitative estimate of drug-likeness (QED) is 0.283. The number of hydrogen-bond donors (Lipinski definition) is 0. The fourth-order valence-corrected chi connectivity index (χ4v) is 3.23. The fraction of sp³-hybridized carbons (Fsp3) is 0.208. The van der Waals surface area contributed by atoms with Gasteiger partial charge in [-0.2, -0.15) is 0 Å². The van der Waals surface area contributed by atoms with E-state index >= 15 is 0 Å². The van der Waals surface area contributed by atoms with E-state index in [1.165, 1.54) is 17.7 Å². The normalized spacial score (nSPS) is 11.3. The van der Waals surface area contributed by atoms with Gasteiger partial charge in [0.05, 0.1) is 11.2 Å². The molecule has 2 aromatic carbocycles. The molecule has 164 valence electrons. The second-order valence-electron chi connectivity index (χ2n) is 7.24. The molecule has 0 saturated carbocycles. The van der Waals surface area contributed by atoms with Crippen LogP contribution in [0.4, 0.5) is 4.39 Å². The molecule has 0 N–H and O–H groups in total. The van der Waals surface area contributed by atoms with Crippen LogP contribution in [0.1, 0.15) is 35.6 Å². The number of benzene rings is 2. The lowest BCUT2D eigenvalue weighted by Gasteiger charge is -2.06. The molecule has 32 heavy (non-hydrogen) atoms. The van der Waals surface area contributed by atoms with Crippen LogP contribution in [0.25, 0.3) is 12.2 Å². The molecule has 0 amide bonds. The van der Waals surface area contributed by atoms with Gasteiger partial charge in [-0.05, 0) is 60.7 Å². The molecule has 0 aliphatic carbocycles. The summed E-state index contributed by atoms with van der Waals surface area (Å²) in [6.45, 7) is 1.18. The minimum absolute atomic E-state index is 0.0916. The SMILES string of the molecule is Fc1cc(C=Cc2nc(COc3ccc(CCCCn4ccnn4)cc3)co2)ccc1Cl. The molecule has 4 rings (SSSR count). The van der Waals surface area contributed by atoms with Crippen LogP contribution in [-0.4, -0.2) is 20.0 Å². The van der Waals surface area contributed by atoms with Crippen molar-refractivity contribution in [1.29, 1.82) is 0 Å². The zero-order valence-corrected chi connectivity index (χ0v) is 18.1. The molecule has 4 aromatic rings. The van der Waals surface area contributed by atoms with E-state index in [1.54, 1.807) is 30.7 Å². The Bertz CT molecular complexity index is 1160. The topological polar surface area (TPSA) is 66.0 Å². The van der Waals surface area contributed by atoms with Crippen molar-refractivity contribution in [1.82, 2.24) is 20.0 Å². The first-order valence-electron chi connectivity index (χ1n) is 10.3. The first-order valence-corrected chi connectivity index (χ1v) is 10.7. The van der Waals surface area contributed by atoms with Gasteiger partial charge in [-0.1, -0.05) is 35.0 Å². The van der Waals surface area contributed by atoms with Gasteiger partial charge >= 0.3 is 0 Å². The molecule has 0 spiro atoms. The van der Waals surface area contributed by atoms with E-state index in [4.69, 9.17) is 20.8 Å². The summed E-state index contributed by atoms with van der Waals surface area (Å²) in [5.74, 6) is 0.724. The number of halogens is 2. The highest BCUT2D eigenvalue weighted by molar-refractivity contribution is 6.30. The molecule has 2 aromatic heterocycles. The van der Waals surface area contributed by atoms with Gasteiger partial charge in [0.2, 0.25) is 5.89 Å². The molecule has 8 heteroatoms. The van der Waals surface area contributed by atoms with Crippen LogP contribution >= 0.6 is 11.6 Å². The summed E-state index contributed by atoms with van der Waals surface area (Å²) >= 11 is 5.69. The van der Waals surface area contributed by atoms with Crippen molar-refractivity contribution in [2.75, 3.05) is 0 Å². The van der Waals surface area contributed by atoms with Crippen LogP contribution in [-0.2, 0) is 19.6 Å². The average molecular weight is 453 g/mol. The summed E-state index contributed by atoms with van der Waals surface area (Å²) in [5.41, 5.74) is 2.61. The summed E-state index contributed by atoms with van der Waals surface area (Å²) in [6, 6.07) is 12.7. The highest BCUT2D eigenvalue weighted by Crippen LogP contribution is 2.18. The van der Waals surface area contributed by atoms with Gasteiger partial charge in [0.25, 0.3) is 0 Å². The largest absolute Gasteiger partial charge is 0.487 e. The minimum atomic E-state index is -0.465. The van der Waals surface area contributed by atoms with E-state index in [-0.39, 0.29) is 5.02 Å². The monoisotopic (exact) mass is 452 g/mol. The summed E-state index contributed by atoms with van der Waals surface area (Å²) in [7, 11) is 0. The lowest BCUT2D eigenvalue weighted by molar-refractivity contribution is 0.301. The van der Waals surface area contributed by atoms with E-state index in [9.17, 15) is 4.39 Å². The summed E-state index contributed by atoms with van der Waals surface area (Å²) < 4.78 is 26.6. The van der Waals surface area contributed by atoms with Crippen LogP contribution in [0.2, 0.25) is 5.02 Å². The number of oxazole rings is 1. The Hall–Kier alpha value is -3.45. The highest BCUT2D eigenvalue weighted by atomic mass is 35.5. The molecule has 0 bridgehead atoms. The number of aromatic nitrogens is 4. The smallest absolute Gasteiger partial charge is 0.218 e. The van der Waals surface area contributed by atoms with Crippen molar-refractivity contribution in [2.24, 2.45) is 0 Å². The van der Waals surface area contributed by atoms with Crippen LogP contribution in [0, 0.1) is 5.82 Å². The third-order valence-corrected chi connectivity index (χ3v) is 5.12. The molecule has 0 saturated heterocycles. The molecule has 0 aliphatic rings. The Morgan fingerprint density at radius 1 is 1.09 bits per heavy atom. The molecule has 0 radical (unpaired) electrons. The molecule has 0 atom stereocenters. The van der Waals surface area contributed by atoms with Gasteiger partial charge in [-0.3, -0.25) is 4.68 Å². The lowest BCUT2D eigenvalue weighted by atomic mass is 10.1. The predicted octanol–water partition coefficient (Wildman–Crippen LogP) is 5.83. The second-order valence-corrected chi connectivity index (χ2v) is 7.65.